The zero-order chi connectivity index (χ0) is 20.8. The Morgan fingerprint density at radius 1 is 1.10 bits per heavy atom. The lowest BCUT2D eigenvalue weighted by Gasteiger charge is -2.14. The molecule has 0 atom stereocenters. The Morgan fingerprint density at radius 3 is 2.48 bits per heavy atom. The van der Waals surface area contributed by atoms with Crippen LogP contribution < -0.4 is 21.3 Å². The molecule has 0 aliphatic rings. The summed E-state index contributed by atoms with van der Waals surface area (Å²) in [6, 6.07) is 15.9. The number of amides is 2. The van der Waals surface area contributed by atoms with Crippen LogP contribution in [0.3, 0.4) is 0 Å². The van der Waals surface area contributed by atoms with E-state index >= 15 is 0 Å². The van der Waals surface area contributed by atoms with Gasteiger partial charge in [-0.15, -0.1) is 0 Å². The van der Waals surface area contributed by atoms with Crippen molar-refractivity contribution in [2.75, 3.05) is 11.9 Å². The molecule has 0 aliphatic carbocycles. The molecule has 0 fully saturated rings. The average molecular weight is 392 g/mol. The third-order valence-electron chi connectivity index (χ3n) is 4.11. The van der Waals surface area contributed by atoms with Crippen molar-refractivity contribution in [2.24, 2.45) is 5.73 Å². The van der Waals surface area contributed by atoms with Crippen LogP contribution in [0.2, 0.25) is 0 Å². The number of nitrogens with zero attached hydrogens (tertiary/aromatic N) is 2. The van der Waals surface area contributed by atoms with Gasteiger partial charge < -0.3 is 15.8 Å². The largest absolute Gasteiger partial charge is 0.492 e. The second kappa shape index (κ2) is 8.83. The fourth-order valence-corrected chi connectivity index (χ4v) is 2.81. The highest BCUT2D eigenvalue weighted by Gasteiger charge is 2.18. The van der Waals surface area contributed by atoms with E-state index in [0.29, 0.717) is 23.6 Å². The predicted octanol–water partition coefficient (Wildman–Crippen LogP) is 2.05. The Labute approximate surface area is 167 Å². The van der Waals surface area contributed by atoms with Gasteiger partial charge in [0.15, 0.2) is 0 Å². The minimum Gasteiger partial charge on any atom is -0.492 e. The van der Waals surface area contributed by atoms with Gasteiger partial charge in [-0.1, -0.05) is 42.5 Å². The fraction of sp³-hybridized carbons (Fsp3) is 0.143. The number of nitrogens with one attached hydrogen (secondary N) is 1. The third kappa shape index (κ3) is 4.49. The molecule has 0 bridgehead atoms. The first kappa shape index (κ1) is 19.8. The van der Waals surface area contributed by atoms with Gasteiger partial charge in [0.1, 0.15) is 23.7 Å². The van der Waals surface area contributed by atoms with Crippen molar-refractivity contribution in [3.05, 3.63) is 76.7 Å². The quantitative estimate of drug-likeness (QED) is 0.638. The van der Waals surface area contributed by atoms with Crippen LogP contribution in [0.5, 0.6) is 5.75 Å². The number of ether oxygens (including phenoxy) is 1. The molecule has 1 aromatic heterocycles. The van der Waals surface area contributed by atoms with Crippen molar-refractivity contribution >= 4 is 17.5 Å². The molecular weight excluding hydrogens is 372 g/mol. The number of aromatic nitrogens is 2. The van der Waals surface area contributed by atoms with Crippen molar-refractivity contribution in [3.8, 4) is 17.1 Å². The van der Waals surface area contributed by atoms with E-state index in [1.807, 2.05) is 13.0 Å². The third-order valence-corrected chi connectivity index (χ3v) is 4.11. The van der Waals surface area contributed by atoms with Gasteiger partial charge in [0, 0.05) is 11.8 Å². The number of hydrogen-bond acceptors (Lipinski definition) is 5. The summed E-state index contributed by atoms with van der Waals surface area (Å²) in [5.41, 5.74) is 5.41. The number of nitrogens with two attached hydrogens (primary N) is 1. The van der Waals surface area contributed by atoms with Crippen LogP contribution in [0, 0.1) is 0 Å². The smallest absolute Gasteiger partial charge is 0.267 e. The summed E-state index contributed by atoms with van der Waals surface area (Å²) >= 11 is 0. The predicted molar refractivity (Wildman–Crippen MR) is 109 cm³/mol. The summed E-state index contributed by atoms with van der Waals surface area (Å²) in [5, 5.41) is 2.73. The molecular formula is C21H20N4O4. The van der Waals surface area contributed by atoms with Crippen molar-refractivity contribution in [3.63, 3.8) is 0 Å². The van der Waals surface area contributed by atoms with Crippen LogP contribution in [0.4, 0.5) is 5.69 Å². The number of primary amides is 1. The number of para-hydroxylation sites is 2. The van der Waals surface area contributed by atoms with E-state index in [1.165, 1.54) is 0 Å². The summed E-state index contributed by atoms with van der Waals surface area (Å²) < 4.78 is 6.63. The van der Waals surface area contributed by atoms with Crippen molar-refractivity contribution in [1.82, 2.24) is 9.55 Å². The maximum atomic E-state index is 12.8. The highest BCUT2D eigenvalue weighted by molar-refractivity contribution is 5.94. The van der Waals surface area contributed by atoms with Crippen LogP contribution in [0.25, 0.3) is 11.4 Å². The van der Waals surface area contributed by atoms with Crippen molar-refractivity contribution in [1.29, 1.82) is 0 Å². The van der Waals surface area contributed by atoms with E-state index in [9.17, 15) is 14.4 Å². The molecule has 2 amide bonds. The molecule has 29 heavy (non-hydrogen) atoms. The lowest BCUT2D eigenvalue weighted by Crippen LogP contribution is -2.34. The van der Waals surface area contributed by atoms with Crippen LogP contribution >= 0.6 is 0 Å². The number of anilines is 1. The van der Waals surface area contributed by atoms with Gasteiger partial charge in [0.05, 0.1) is 12.3 Å². The van der Waals surface area contributed by atoms with Crippen LogP contribution in [-0.2, 0) is 11.3 Å². The first-order valence-electron chi connectivity index (χ1n) is 8.98. The molecule has 0 radical (unpaired) electrons. The average Bonchev–Trinajstić information content (AvgIpc) is 2.71. The van der Waals surface area contributed by atoms with Crippen molar-refractivity contribution in [2.45, 2.75) is 13.5 Å². The molecule has 0 saturated heterocycles. The van der Waals surface area contributed by atoms with Gasteiger partial charge in [-0.3, -0.25) is 19.0 Å². The Bertz CT molecular complexity index is 1090. The molecule has 0 aliphatic heterocycles. The fourth-order valence-electron chi connectivity index (χ4n) is 2.81. The summed E-state index contributed by atoms with van der Waals surface area (Å²) in [4.78, 5) is 41.2. The van der Waals surface area contributed by atoms with E-state index in [4.69, 9.17) is 10.5 Å². The van der Waals surface area contributed by atoms with Crippen molar-refractivity contribution < 1.29 is 14.3 Å². The van der Waals surface area contributed by atoms with Gasteiger partial charge in [0.25, 0.3) is 11.5 Å². The molecule has 0 spiro atoms. The number of hydrogen-bond donors (Lipinski definition) is 2. The SMILES string of the molecule is CCOc1ccccc1NC(=O)Cn1c(-c2ccccc2)ncc(C(N)=O)c1=O. The van der Waals surface area contributed by atoms with Gasteiger partial charge in [0.2, 0.25) is 5.91 Å². The zero-order valence-corrected chi connectivity index (χ0v) is 15.8. The summed E-state index contributed by atoms with van der Waals surface area (Å²) in [6.07, 6.45) is 1.13. The zero-order valence-electron chi connectivity index (χ0n) is 15.8. The molecule has 3 rings (SSSR count). The first-order valence-corrected chi connectivity index (χ1v) is 8.98. The Kier molecular flexibility index (Phi) is 6.03. The van der Waals surface area contributed by atoms with Crippen LogP contribution in [-0.4, -0.2) is 28.0 Å². The highest BCUT2D eigenvalue weighted by Crippen LogP contribution is 2.23. The highest BCUT2D eigenvalue weighted by atomic mass is 16.5. The van der Waals surface area contributed by atoms with E-state index in [0.717, 1.165) is 10.8 Å². The Hall–Kier alpha value is -3.94. The summed E-state index contributed by atoms with van der Waals surface area (Å²) in [6.45, 7) is 1.93. The minimum absolute atomic E-state index is 0.258. The van der Waals surface area contributed by atoms with Crippen LogP contribution in [0.1, 0.15) is 17.3 Å². The lowest BCUT2D eigenvalue weighted by molar-refractivity contribution is -0.116. The maximum absolute atomic E-state index is 12.8. The number of carbonyl (C=O) groups excluding carboxylic acids is 2. The van der Waals surface area contributed by atoms with Gasteiger partial charge in [-0.25, -0.2) is 4.98 Å². The van der Waals surface area contributed by atoms with E-state index in [-0.39, 0.29) is 17.9 Å². The molecule has 1 heterocycles. The number of benzene rings is 2. The molecule has 8 nitrogen and oxygen atoms in total. The second-order valence-corrected chi connectivity index (χ2v) is 6.09. The monoisotopic (exact) mass is 392 g/mol. The summed E-state index contributed by atoms with van der Waals surface area (Å²) in [5.74, 6) is -0.602. The molecule has 0 saturated carbocycles. The van der Waals surface area contributed by atoms with E-state index < -0.39 is 17.4 Å². The number of rotatable bonds is 7. The standard InChI is InChI=1S/C21H20N4O4/c1-2-29-17-11-7-6-10-16(17)24-18(26)13-25-20(14-8-4-3-5-9-14)23-12-15(19(22)27)21(25)28/h3-12H,2,13H2,1H3,(H2,22,27)(H,24,26). The molecule has 2 aromatic carbocycles. The summed E-state index contributed by atoms with van der Waals surface area (Å²) in [7, 11) is 0. The topological polar surface area (TPSA) is 116 Å². The van der Waals surface area contributed by atoms with Gasteiger partial charge in [-0.05, 0) is 19.1 Å². The van der Waals surface area contributed by atoms with E-state index in [2.05, 4.69) is 10.3 Å². The normalized spacial score (nSPS) is 10.4. The van der Waals surface area contributed by atoms with Crippen LogP contribution in [0.15, 0.2) is 65.6 Å². The second-order valence-electron chi connectivity index (χ2n) is 6.09. The first-order chi connectivity index (χ1) is 14.0. The van der Waals surface area contributed by atoms with Gasteiger partial charge >= 0.3 is 0 Å². The Balaban J connectivity index is 1.97. The number of carbonyl (C=O) groups is 2. The van der Waals surface area contributed by atoms with E-state index in [1.54, 1.807) is 48.5 Å². The molecule has 0 unspecified atom stereocenters. The maximum Gasteiger partial charge on any atom is 0.267 e. The molecule has 8 heteroatoms. The molecule has 148 valence electrons. The molecule has 3 aromatic rings. The Morgan fingerprint density at radius 2 is 1.79 bits per heavy atom. The lowest BCUT2D eigenvalue weighted by atomic mass is 10.2. The minimum atomic E-state index is -0.905. The molecule has 3 N–H and O–H groups in total. The van der Waals surface area contributed by atoms with Gasteiger partial charge in [-0.2, -0.15) is 0 Å².